The Labute approximate surface area is 147 Å². The normalized spacial score (nSPS) is 12.0. The molecule has 0 aliphatic heterocycles. The Kier molecular flexibility index (Phi) is 10.9. The fourth-order valence-corrected chi connectivity index (χ4v) is 2.23. The Hall–Kier alpha value is -1.56. The third-order valence-corrected chi connectivity index (χ3v) is 3.72. The Morgan fingerprint density at radius 3 is 2.79 bits per heavy atom. The molecule has 24 heavy (non-hydrogen) atoms. The number of ether oxygens (including phenoxy) is 1. The van der Waals surface area contributed by atoms with E-state index >= 15 is 0 Å². The molecule has 6 heteroatoms. The first kappa shape index (κ1) is 20.5. The van der Waals surface area contributed by atoms with Crippen LogP contribution in [0.4, 0.5) is 0 Å². The predicted molar refractivity (Wildman–Crippen MR) is 100 cm³/mol. The van der Waals surface area contributed by atoms with Gasteiger partial charge in [-0.3, -0.25) is 4.99 Å². The van der Waals surface area contributed by atoms with Crippen molar-refractivity contribution < 1.29 is 4.74 Å². The van der Waals surface area contributed by atoms with Gasteiger partial charge in [0.05, 0.1) is 6.61 Å². The summed E-state index contributed by atoms with van der Waals surface area (Å²) in [6.07, 6.45) is 7.18. The average Bonchev–Trinajstić information content (AvgIpc) is 2.95. The number of aryl methyl sites for hydroxylation is 2. The van der Waals surface area contributed by atoms with Gasteiger partial charge in [0.25, 0.3) is 0 Å². The summed E-state index contributed by atoms with van der Waals surface area (Å²) in [5.41, 5.74) is 0. The molecule has 0 amide bonds. The van der Waals surface area contributed by atoms with E-state index in [1.807, 2.05) is 19.3 Å². The molecule has 0 atom stereocenters. The van der Waals surface area contributed by atoms with Gasteiger partial charge in [-0.15, -0.1) is 0 Å². The van der Waals surface area contributed by atoms with Gasteiger partial charge in [0, 0.05) is 45.2 Å². The van der Waals surface area contributed by atoms with Crippen LogP contribution in [0.15, 0.2) is 17.4 Å². The second-order valence-electron chi connectivity index (χ2n) is 6.36. The van der Waals surface area contributed by atoms with Crippen molar-refractivity contribution in [2.45, 2.75) is 53.5 Å². The van der Waals surface area contributed by atoms with Crippen molar-refractivity contribution in [3.8, 4) is 0 Å². The van der Waals surface area contributed by atoms with Crippen LogP contribution in [0.3, 0.4) is 0 Å². The first-order valence-electron chi connectivity index (χ1n) is 9.21. The van der Waals surface area contributed by atoms with E-state index in [0.717, 1.165) is 70.4 Å². The van der Waals surface area contributed by atoms with E-state index in [0.29, 0.717) is 5.92 Å². The average molecular weight is 338 g/mol. The molecule has 2 N–H and O–H groups in total. The summed E-state index contributed by atoms with van der Waals surface area (Å²) in [6.45, 7) is 13.6. The Bertz CT molecular complexity index is 456. The second-order valence-corrected chi connectivity index (χ2v) is 6.36. The van der Waals surface area contributed by atoms with Crippen molar-refractivity contribution in [3.05, 3.63) is 18.2 Å². The van der Waals surface area contributed by atoms with Crippen molar-refractivity contribution >= 4 is 5.96 Å². The first-order chi connectivity index (χ1) is 11.6. The van der Waals surface area contributed by atoms with Crippen LogP contribution < -0.4 is 10.6 Å². The van der Waals surface area contributed by atoms with Crippen LogP contribution in [0.1, 0.15) is 45.9 Å². The lowest BCUT2D eigenvalue weighted by Crippen LogP contribution is -2.39. The number of rotatable bonds is 12. The third-order valence-electron chi connectivity index (χ3n) is 3.72. The maximum absolute atomic E-state index is 5.61. The van der Waals surface area contributed by atoms with E-state index < -0.39 is 0 Å². The minimum absolute atomic E-state index is 0.697. The van der Waals surface area contributed by atoms with Gasteiger partial charge in [-0.1, -0.05) is 13.8 Å². The van der Waals surface area contributed by atoms with Gasteiger partial charge in [-0.25, -0.2) is 4.98 Å². The van der Waals surface area contributed by atoms with E-state index in [-0.39, 0.29) is 0 Å². The lowest BCUT2D eigenvalue weighted by molar-refractivity contribution is 0.128. The van der Waals surface area contributed by atoms with E-state index in [4.69, 9.17) is 4.74 Å². The van der Waals surface area contributed by atoms with Crippen molar-refractivity contribution in [1.82, 2.24) is 20.2 Å². The van der Waals surface area contributed by atoms with Crippen LogP contribution in [0, 0.1) is 12.8 Å². The molecular weight excluding hydrogens is 302 g/mol. The Balaban J connectivity index is 2.13. The Morgan fingerprint density at radius 2 is 2.12 bits per heavy atom. The molecule has 0 bridgehead atoms. The van der Waals surface area contributed by atoms with Crippen LogP contribution in [-0.4, -0.2) is 48.4 Å². The summed E-state index contributed by atoms with van der Waals surface area (Å²) < 4.78 is 7.80. The molecule has 1 aromatic heterocycles. The summed E-state index contributed by atoms with van der Waals surface area (Å²) in [5, 5.41) is 6.59. The molecule has 0 fully saturated rings. The highest BCUT2D eigenvalue weighted by molar-refractivity contribution is 5.79. The van der Waals surface area contributed by atoms with Crippen molar-refractivity contribution in [1.29, 1.82) is 0 Å². The SMILES string of the molecule is CCNC(=NCCCCn1ccnc1C)NCCOCCC(C)C. The van der Waals surface area contributed by atoms with Crippen molar-refractivity contribution in [3.63, 3.8) is 0 Å². The molecule has 0 spiro atoms. The zero-order valence-electron chi connectivity index (χ0n) is 15.8. The minimum Gasteiger partial charge on any atom is -0.380 e. The third kappa shape index (κ3) is 9.55. The van der Waals surface area contributed by atoms with Gasteiger partial charge in [0.2, 0.25) is 0 Å². The molecule has 0 saturated carbocycles. The molecule has 0 unspecified atom stereocenters. The topological polar surface area (TPSA) is 63.5 Å². The van der Waals surface area contributed by atoms with Crippen LogP contribution in [0.2, 0.25) is 0 Å². The zero-order valence-corrected chi connectivity index (χ0v) is 15.8. The molecule has 6 nitrogen and oxygen atoms in total. The number of imidazole rings is 1. The maximum atomic E-state index is 5.61. The molecule has 0 aliphatic rings. The minimum atomic E-state index is 0.697. The van der Waals surface area contributed by atoms with Gasteiger partial charge in [-0.05, 0) is 39.0 Å². The molecule has 0 radical (unpaired) electrons. The van der Waals surface area contributed by atoms with E-state index in [2.05, 4.69) is 45.9 Å². The van der Waals surface area contributed by atoms with E-state index in [1.165, 1.54) is 0 Å². The number of nitrogens with zero attached hydrogens (tertiary/aromatic N) is 3. The number of nitrogens with one attached hydrogen (secondary N) is 2. The summed E-state index contributed by atoms with van der Waals surface area (Å²) in [5.74, 6) is 2.65. The molecular formula is C18H35N5O. The molecule has 0 aromatic carbocycles. The van der Waals surface area contributed by atoms with Crippen LogP contribution in [-0.2, 0) is 11.3 Å². The fraction of sp³-hybridized carbons (Fsp3) is 0.778. The monoisotopic (exact) mass is 337 g/mol. The highest BCUT2D eigenvalue weighted by Gasteiger charge is 1.99. The second kappa shape index (κ2) is 12.8. The van der Waals surface area contributed by atoms with Gasteiger partial charge < -0.3 is 19.9 Å². The zero-order chi connectivity index (χ0) is 17.6. The van der Waals surface area contributed by atoms with Crippen LogP contribution in [0.5, 0.6) is 0 Å². The van der Waals surface area contributed by atoms with Crippen molar-refractivity contribution in [2.24, 2.45) is 10.9 Å². The predicted octanol–water partition coefficient (Wildman–Crippen LogP) is 2.59. The molecule has 1 rings (SSSR count). The number of unbranched alkanes of at least 4 members (excludes halogenated alkanes) is 1. The van der Waals surface area contributed by atoms with Gasteiger partial charge in [0.15, 0.2) is 5.96 Å². The highest BCUT2D eigenvalue weighted by atomic mass is 16.5. The Morgan fingerprint density at radius 1 is 1.29 bits per heavy atom. The van der Waals surface area contributed by atoms with Crippen LogP contribution in [0.25, 0.3) is 0 Å². The fourth-order valence-electron chi connectivity index (χ4n) is 2.23. The standard InChI is InChI=1S/C18H35N5O/c1-5-19-18(22-11-15-24-14-8-16(2)3)21-9-6-7-12-23-13-10-20-17(23)4/h10,13,16H,5-9,11-12,14-15H2,1-4H3,(H2,19,21,22). The number of guanidine groups is 1. The smallest absolute Gasteiger partial charge is 0.191 e. The summed E-state index contributed by atoms with van der Waals surface area (Å²) in [7, 11) is 0. The van der Waals surface area contributed by atoms with Gasteiger partial charge in [-0.2, -0.15) is 0 Å². The molecule has 0 saturated heterocycles. The first-order valence-corrected chi connectivity index (χ1v) is 9.21. The lowest BCUT2D eigenvalue weighted by Gasteiger charge is -2.12. The number of aromatic nitrogens is 2. The number of aliphatic imine (C=N–C) groups is 1. The maximum Gasteiger partial charge on any atom is 0.191 e. The summed E-state index contributed by atoms with van der Waals surface area (Å²) in [4.78, 5) is 8.85. The largest absolute Gasteiger partial charge is 0.380 e. The quantitative estimate of drug-likeness (QED) is 0.350. The molecule has 1 heterocycles. The molecule has 138 valence electrons. The summed E-state index contributed by atoms with van der Waals surface area (Å²) >= 11 is 0. The highest BCUT2D eigenvalue weighted by Crippen LogP contribution is 2.00. The van der Waals surface area contributed by atoms with E-state index in [1.54, 1.807) is 0 Å². The number of hydrogen-bond acceptors (Lipinski definition) is 3. The van der Waals surface area contributed by atoms with Crippen molar-refractivity contribution in [2.75, 3.05) is 32.8 Å². The lowest BCUT2D eigenvalue weighted by atomic mass is 10.1. The summed E-state index contributed by atoms with van der Waals surface area (Å²) in [6, 6.07) is 0. The molecule has 0 aliphatic carbocycles. The van der Waals surface area contributed by atoms with Gasteiger partial charge in [0.1, 0.15) is 5.82 Å². The van der Waals surface area contributed by atoms with Gasteiger partial charge >= 0.3 is 0 Å². The number of hydrogen-bond donors (Lipinski definition) is 2. The molecule has 1 aromatic rings. The van der Waals surface area contributed by atoms with E-state index in [9.17, 15) is 0 Å². The van der Waals surface area contributed by atoms with Crippen LogP contribution >= 0.6 is 0 Å².